The highest BCUT2D eigenvalue weighted by Gasteiger charge is 2.11. The predicted octanol–water partition coefficient (Wildman–Crippen LogP) is 3.53. The van der Waals surface area contributed by atoms with Crippen molar-refractivity contribution in [1.29, 1.82) is 0 Å². The van der Waals surface area contributed by atoms with Crippen LogP contribution in [0.2, 0.25) is 0 Å². The molecule has 2 rings (SSSR count). The van der Waals surface area contributed by atoms with E-state index in [9.17, 15) is 0 Å². The van der Waals surface area contributed by atoms with Crippen LogP contribution >= 0.6 is 15.9 Å². The zero-order valence-electron chi connectivity index (χ0n) is 12.7. The third-order valence-corrected chi connectivity index (χ3v) is 3.70. The minimum atomic E-state index is 0.109. The fraction of sp³-hybridized carbons (Fsp3) is 0.467. The van der Waals surface area contributed by atoms with Crippen LogP contribution in [-0.4, -0.2) is 20.3 Å². The molecule has 1 N–H and O–H groups in total. The molecular weight excluding hydrogens is 316 g/mol. The van der Waals surface area contributed by atoms with Gasteiger partial charge in [-0.2, -0.15) is 5.10 Å². The molecule has 5 heteroatoms. The van der Waals surface area contributed by atoms with Crippen LogP contribution < -0.4 is 5.32 Å². The van der Waals surface area contributed by atoms with E-state index in [0.29, 0.717) is 0 Å². The van der Waals surface area contributed by atoms with Crippen molar-refractivity contribution in [1.82, 2.24) is 20.1 Å². The summed E-state index contributed by atoms with van der Waals surface area (Å²) in [5, 5.41) is 7.89. The third-order valence-electron chi connectivity index (χ3n) is 2.97. The average molecular weight is 337 g/mol. The third kappa shape index (κ3) is 3.67. The molecule has 0 aliphatic carbocycles. The highest BCUT2D eigenvalue weighted by molar-refractivity contribution is 9.10. The molecule has 0 saturated carbocycles. The Morgan fingerprint density at radius 3 is 2.45 bits per heavy atom. The van der Waals surface area contributed by atoms with Gasteiger partial charge in [-0.3, -0.25) is 0 Å². The van der Waals surface area contributed by atoms with E-state index in [-0.39, 0.29) is 5.54 Å². The molecule has 0 saturated heterocycles. The molecule has 0 spiro atoms. The molecule has 0 amide bonds. The number of halogens is 1. The molecular formula is C15H21BrN4. The standard InChI is InChI=1S/C15H21BrN4/c1-10-18-11(2)20(19-10)13-7-6-12(14(16)8-13)9-17-15(3,4)5/h6-8,17H,9H2,1-5H3. The molecule has 0 aliphatic heterocycles. The Bertz CT molecular complexity index is 611. The van der Waals surface area contributed by atoms with E-state index in [0.717, 1.165) is 28.4 Å². The van der Waals surface area contributed by atoms with Crippen molar-refractivity contribution < 1.29 is 0 Å². The SMILES string of the molecule is Cc1nc(C)n(-c2ccc(CNC(C)(C)C)c(Br)c2)n1. The lowest BCUT2D eigenvalue weighted by Gasteiger charge is -2.21. The lowest BCUT2D eigenvalue weighted by atomic mass is 10.1. The number of hydrogen-bond acceptors (Lipinski definition) is 3. The lowest BCUT2D eigenvalue weighted by Crippen LogP contribution is -2.35. The molecule has 0 aliphatic rings. The summed E-state index contributed by atoms with van der Waals surface area (Å²) in [7, 11) is 0. The van der Waals surface area contributed by atoms with Gasteiger partial charge in [0.1, 0.15) is 11.6 Å². The Labute approximate surface area is 128 Å². The number of aryl methyl sites for hydroxylation is 2. The molecule has 0 radical (unpaired) electrons. The van der Waals surface area contributed by atoms with E-state index < -0.39 is 0 Å². The zero-order chi connectivity index (χ0) is 14.9. The first-order valence-corrected chi connectivity index (χ1v) is 7.50. The smallest absolute Gasteiger partial charge is 0.148 e. The Hall–Kier alpha value is -1.20. The average Bonchev–Trinajstić information content (AvgIpc) is 2.65. The topological polar surface area (TPSA) is 42.7 Å². The highest BCUT2D eigenvalue weighted by atomic mass is 79.9. The van der Waals surface area contributed by atoms with Crippen LogP contribution in [0.15, 0.2) is 22.7 Å². The van der Waals surface area contributed by atoms with Crippen LogP contribution in [-0.2, 0) is 6.54 Å². The minimum Gasteiger partial charge on any atom is -0.308 e. The molecule has 0 atom stereocenters. The zero-order valence-corrected chi connectivity index (χ0v) is 14.2. The fourth-order valence-electron chi connectivity index (χ4n) is 1.94. The second-order valence-corrected chi connectivity index (χ2v) is 6.85. The molecule has 108 valence electrons. The largest absolute Gasteiger partial charge is 0.308 e. The van der Waals surface area contributed by atoms with Gasteiger partial charge in [0.2, 0.25) is 0 Å². The fourth-order valence-corrected chi connectivity index (χ4v) is 2.44. The molecule has 1 heterocycles. The van der Waals surface area contributed by atoms with Crippen molar-refractivity contribution in [3.05, 3.63) is 39.9 Å². The molecule has 0 bridgehead atoms. The number of hydrogen-bond donors (Lipinski definition) is 1. The normalized spacial score (nSPS) is 11.9. The van der Waals surface area contributed by atoms with E-state index in [1.165, 1.54) is 5.56 Å². The quantitative estimate of drug-likeness (QED) is 0.932. The Morgan fingerprint density at radius 2 is 1.95 bits per heavy atom. The number of nitrogens with zero attached hydrogens (tertiary/aromatic N) is 3. The van der Waals surface area contributed by atoms with Gasteiger partial charge in [0.15, 0.2) is 0 Å². The molecule has 0 fully saturated rings. The molecule has 1 aromatic heterocycles. The van der Waals surface area contributed by atoms with E-state index in [2.05, 4.69) is 70.3 Å². The number of aromatic nitrogens is 3. The summed E-state index contributed by atoms with van der Waals surface area (Å²) >= 11 is 3.64. The van der Waals surface area contributed by atoms with Crippen LogP contribution in [0.4, 0.5) is 0 Å². The van der Waals surface area contributed by atoms with Gasteiger partial charge < -0.3 is 5.32 Å². The predicted molar refractivity (Wildman–Crippen MR) is 85.1 cm³/mol. The monoisotopic (exact) mass is 336 g/mol. The summed E-state index contributed by atoms with van der Waals surface area (Å²) in [6, 6.07) is 6.28. The van der Waals surface area contributed by atoms with E-state index in [4.69, 9.17) is 0 Å². The van der Waals surface area contributed by atoms with Crippen molar-refractivity contribution in [2.75, 3.05) is 0 Å². The summed E-state index contributed by atoms with van der Waals surface area (Å²) < 4.78 is 2.94. The Kier molecular flexibility index (Phi) is 4.30. The minimum absolute atomic E-state index is 0.109. The van der Waals surface area contributed by atoms with Gasteiger partial charge in [0, 0.05) is 16.6 Å². The first-order valence-electron chi connectivity index (χ1n) is 6.70. The van der Waals surface area contributed by atoms with E-state index in [1.807, 2.05) is 18.5 Å². The van der Waals surface area contributed by atoms with Gasteiger partial charge in [-0.1, -0.05) is 22.0 Å². The summed E-state index contributed by atoms with van der Waals surface area (Å²) in [6.07, 6.45) is 0. The molecule has 4 nitrogen and oxygen atoms in total. The van der Waals surface area contributed by atoms with E-state index in [1.54, 1.807) is 0 Å². The van der Waals surface area contributed by atoms with E-state index >= 15 is 0 Å². The summed E-state index contributed by atoms with van der Waals surface area (Å²) in [6.45, 7) is 11.2. The maximum absolute atomic E-state index is 4.41. The maximum atomic E-state index is 4.41. The number of rotatable bonds is 3. The highest BCUT2D eigenvalue weighted by Crippen LogP contribution is 2.22. The van der Waals surface area contributed by atoms with Crippen LogP contribution in [0.3, 0.4) is 0 Å². The summed E-state index contributed by atoms with van der Waals surface area (Å²) in [5.74, 6) is 1.69. The molecule has 0 unspecified atom stereocenters. The van der Waals surface area contributed by atoms with Gasteiger partial charge in [-0.05, 0) is 52.3 Å². The molecule has 1 aromatic carbocycles. The van der Waals surface area contributed by atoms with Crippen molar-refractivity contribution >= 4 is 15.9 Å². The van der Waals surface area contributed by atoms with Crippen molar-refractivity contribution in [2.45, 2.75) is 46.7 Å². The molecule has 20 heavy (non-hydrogen) atoms. The summed E-state index contributed by atoms with van der Waals surface area (Å²) in [4.78, 5) is 4.33. The second-order valence-electron chi connectivity index (χ2n) is 6.00. The first-order chi connectivity index (χ1) is 9.26. The second kappa shape index (κ2) is 5.66. The number of benzene rings is 1. The van der Waals surface area contributed by atoms with Crippen molar-refractivity contribution in [3.8, 4) is 5.69 Å². The Morgan fingerprint density at radius 1 is 1.25 bits per heavy atom. The van der Waals surface area contributed by atoms with Gasteiger partial charge in [-0.15, -0.1) is 0 Å². The van der Waals surface area contributed by atoms with Crippen LogP contribution in [0, 0.1) is 13.8 Å². The lowest BCUT2D eigenvalue weighted by molar-refractivity contribution is 0.424. The Balaban J connectivity index is 2.24. The van der Waals surface area contributed by atoms with Crippen molar-refractivity contribution in [3.63, 3.8) is 0 Å². The molecule has 2 aromatic rings. The van der Waals surface area contributed by atoms with Crippen LogP contribution in [0.5, 0.6) is 0 Å². The van der Waals surface area contributed by atoms with Crippen molar-refractivity contribution in [2.24, 2.45) is 0 Å². The van der Waals surface area contributed by atoms with Gasteiger partial charge in [0.05, 0.1) is 5.69 Å². The number of nitrogens with one attached hydrogen (secondary N) is 1. The van der Waals surface area contributed by atoms with Crippen LogP contribution in [0.25, 0.3) is 5.69 Å². The first kappa shape index (κ1) is 15.2. The summed E-state index contributed by atoms with van der Waals surface area (Å²) in [5.41, 5.74) is 2.37. The van der Waals surface area contributed by atoms with Gasteiger partial charge in [0.25, 0.3) is 0 Å². The van der Waals surface area contributed by atoms with Gasteiger partial charge >= 0.3 is 0 Å². The maximum Gasteiger partial charge on any atom is 0.148 e. The van der Waals surface area contributed by atoms with Crippen LogP contribution in [0.1, 0.15) is 38.0 Å². The van der Waals surface area contributed by atoms with Gasteiger partial charge in [-0.25, -0.2) is 9.67 Å².